The minimum Gasteiger partial charge on any atom is -0.459 e. The van der Waals surface area contributed by atoms with Gasteiger partial charge in [0.05, 0.1) is 6.26 Å². The van der Waals surface area contributed by atoms with E-state index in [2.05, 4.69) is 39.7 Å². The Morgan fingerprint density at radius 3 is 2.44 bits per heavy atom. The molecule has 0 aromatic carbocycles. The van der Waals surface area contributed by atoms with Crippen LogP contribution < -0.4 is 16.0 Å². The third-order valence-corrected chi connectivity index (χ3v) is 5.03. The highest BCUT2D eigenvalue weighted by molar-refractivity contribution is 5.91. The van der Waals surface area contributed by atoms with Crippen LogP contribution in [0.5, 0.6) is 0 Å². The number of hydrogen-bond acceptors (Lipinski definition) is 4. The number of likely N-dealkylation sites (tertiary alicyclic amines) is 1. The number of amides is 1. The first-order chi connectivity index (χ1) is 13.1. The van der Waals surface area contributed by atoms with Crippen LogP contribution >= 0.6 is 0 Å². The fourth-order valence-electron chi connectivity index (χ4n) is 3.49. The van der Waals surface area contributed by atoms with Crippen LogP contribution in [0.2, 0.25) is 0 Å². The van der Waals surface area contributed by atoms with E-state index in [1.54, 1.807) is 19.2 Å². The van der Waals surface area contributed by atoms with Crippen LogP contribution in [0, 0.1) is 5.92 Å². The SMILES string of the molecule is CN=C(NCCNC(=O)c1ccco1)NCC(C(C)C)N1CCCCCC1. The highest BCUT2D eigenvalue weighted by atomic mass is 16.3. The largest absolute Gasteiger partial charge is 0.459 e. The number of nitrogens with one attached hydrogen (secondary N) is 3. The van der Waals surface area contributed by atoms with Gasteiger partial charge in [0.2, 0.25) is 0 Å². The van der Waals surface area contributed by atoms with E-state index < -0.39 is 0 Å². The number of furan rings is 1. The van der Waals surface area contributed by atoms with Gasteiger partial charge in [-0.2, -0.15) is 0 Å². The van der Waals surface area contributed by atoms with Crippen LogP contribution in [-0.2, 0) is 0 Å². The number of hydrogen-bond donors (Lipinski definition) is 3. The van der Waals surface area contributed by atoms with Gasteiger partial charge in [0.25, 0.3) is 5.91 Å². The summed E-state index contributed by atoms with van der Waals surface area (Å²) in [6.07, 6.45) is 6.79. The zero-order valence-electron chi connectivity index (χ0n) is 17.0. The van der Waals surface area contributed by atoms with Gasteiger partial charge in [-0.1, -0.05) is 26.7 Å². The summed E-state index contributed by atoms with van der Waals surface area (Å²) in [5.41, 5.74) is 0. The predicted octanol–water partition coefficient (Wildman–Crippen LogP) is 2.07. The monoisotopic (exact) mass is 377 g/mol. The smallest absolute Gasteiger partial charge is 0.287 e. The molecule has 3 N–H and O–H groups in total. The van der Waals surface area contributed by atoms with Crippen molar-refractivity contribution in [1.29, 1.82) is 0 Å². The molecule has 2 rings (SSSR count). The Morgan fingerprint density at radius 1 is 1.15 bits per heavy atom. The molecule has 27 heavy (non-hydrogen) atoms. The molecular formula is C20H35N5O2. The lowest BCUT2D eigenvalue weighted by Gasteiger charge is -2.34. The Balaban J connectivity index is 1.72. The minimum atomic E-state index is -0.203. The third-order valence-electron chi connectivity index (χ3n) is 5.03. The Kier molecular flexibility index (Phi) is 9.18. The van der Waals surface area contributed by atoms with Gasteiger partial charge in [-0.25, -0.2) is 0 Å². The lowest BCUT2D eigenvalue weighted by Crippen LogP contribution is -2.50. The van der Waals surface area contributed by atoms with Crippen LogP contribution in [0.4, 0.5) is 0 Å². The molecule has 0 aliphatic carbocycles. The Hall–Kier alpha value is -2.02. The molecule has 1 aromatic rings. The van der Waals surface area contributed by atoms with Crippen LogP contribution in [0.1, 0.15) is 50.1 Å². The topological polar surface area (TPSA) is 81.9 Å². The van der Waals surface area contributed by atoms with Crippen molar-refractivity contribution in [2.75, 3.05) is 39.8 Å². The summed E-state index contributed by atoms with van der Waals surface area (Å²) in [4.78, 5) is 18.7. The zero-order chi connectivity index (χ0) is 19.5. The predicted molar refractivity (Wildman–Crippen MR) is 109 cm³/mol. The van der Waals surface area contributed by atoms with Crippen LogP contribution in [0.25, 0.3) is 0 Å². The number of rotatable bonds is 8. The average Bonchev–Trinajstić information content (AvgIpc) is 3.07. The summed E-state index contributed by atoms with van der Waals surface area (Å²) >= 11 is 0. The first kappa shape index (κ1) is 21.3. The fraction of sp³-hybridized carbons (Fsp3) is 0.700. The minimum absolute atomic E-state index is 0.203. The molecule has 7 nitrogen and oxygen atoms in total. The molecule has 0 spiro atoms. The molecule has 1 saturated heterocycles. The molecule has 152 valence electrons. The maximum Gasteiger partial charge on any atom is 0.287 e. The molecule has 7 heteroatoms. The maximum atomic E-state index is 11.8. The van der Waals surface area contributed by atoms with Crippen molar-refractivity contribution < 1.29 is 9.21 Å². The van der Waals surface area contributed by atoms with Crippen molar-refractivity contribution in [3.63, 3.8) is 0 Å². The molecule has 0 saturated carbocycles. The molecule has 1 fully saturated rings. The summed E-state index contributed by atoms with van der Waals surface area (Å²) in [5.74, 6) is 1.48. The Labute approximate surface area is 163 Å². The molecular weight excluding hydrogens is 342 g/mol. The molecule has 1 atom stereocenters. The maximum absolute atomic E-state index is 11.8. The van der Waals surface area contributed by atoms with Gasteiger partial charge in [-0.3, -0.25) is 14.7 Å². The molecule has 0 bridgehead atoms. The van der Waals surface area contributed by atoms with E-state index in [1.165, 1.54) is 45.0 Å². The quantitative estimate of drug-likeness (QED) is 0.367. The van der Waals surface area contributed by atoms with Gasteiger partial charge in [0.15, 0.2) is 11.7 Å². The summed E-state index contributed by atoms with van der Waals surface area (Å²) in [7, 11) is 1.77. The van der Waals surface area contributed by atoms with Gasteiger partial charge in [-0.05, 0) is 44.0 Å². The normalized spacial score (nSPS) is 17.4. The lowest BCUT2D eigenvalue weighted by molar-refractivity contribution is 0.0926. The molecule has 2 heterocycles. The highest BCUT2D eigenvalue weighted by Crippen LogP contribution is 2.17. The number of aliphatic imine (C=N–C) groups is 1. The van der Waals surface area contributed by atoms with Gasteiger partial charge >= 0.3 is 0 Å². The van der Waals surface area contributed by atoms with E-state index in [-0.39, 0.29) is 5.91 Å². The fourth-order valence-corrected chi connectivity index (χ4v) is 3.49. The number of carbonyl (C=O) groups excluding carboxylic acids is 1. The number of carbonyl (C=O) groups is 1. The second kappa shape index (κ2) is 11.6. The summed E-state index contributed by atoms with van der Waals surface area (Å²) in [6.45, 7) is 8.93. The van der Waals surface area contributed by atoms with E-state index in [1.807, 2.05) is 0 Å². The van der Waals surface area contributed by atoms with E-state index >= 15 is 0 Å². The van der Waals surface area contributed by atoms with E-state index in [4.69, 9.17) is 4.42 Å². The van der Waals surface area contributed by atoms with E-state index in [0.717, 1.165) is 12.5 Å². The van der Waals surface area contributed by atoms with Crippen LogP contribution in [-0.4, -0.2) is 62.6 Å². The van der Waals surface area contributed by atoms with Crippen LogP contribution in [0.15, 0.2) is 27.8 Å². The lowest BCUT2D eigenvalue weighted by atomic mass is 10.0. The molecule has 1 aromatic heterocycles. The Bertz CT molecular complexity index is 563. The summed E-state index contributed by atoms with van der Waals surface area (Å²) in [5, 5.41) is 9.52. The number of guanidine groups is 1. The van der Waals surface area contributed by atoms with Crippen molar-refractivity contribution in [3.05, 3.63) is 24.2 Å². The standard InChI is InChI=1S/C20H35N5O2/c1-16(2)17(25-12-6-4-5-7-13-25)15-24-20(21-3)23-11-10-22-19(26)18-9-8-14-27-18/h8-9,14,16-17H,4-7,10-13,15H2,1-3H3,(H,22,26)(H2,21,23,24). The molecule has 1 unspecified atom stereocenters. The highest BCUT2D eigenvalue weighted by Gasteiger charge is 2.22. The van der Waals surface area contributed by atoms with Gasteiger partial charge in [-0.15, -0.1) is 0 Å². The van der Waals surface area contributed by atoms with Crippen LogP contribution in [0.3, 0.4) is 0 Å². The first-order valence-corrected chi connectivity index (χ1v) is 10.1. The third kappa shape index (κ3) is 7.25. The summed E-state index contributed by atoms with van der Waals surface area (Å²) < 4.78 is 5.08. The zero-order valence-corrected chi connectivity index (χ0v) is 17.0. The van der Waals surface area contributed by atoms with Crippen molar-refractivity contribution in [3.8, 4) is 0 Å². The summed E-state index contributed by atoms with van der Waals surface area (Å²) in [6, 6.07) is 3.85. The van der Waals surface area contributed by atoms with E-state index in [9.17, 15) is 4.79 Å². The van der Waals surface area contributed by atoms with Crippen molar-refractivity contribution >= 4 is 11.9 Å². The molecule has 1 aliphatic heterocycles. The molecule has 0 radical (unpaired) electrons. The molecule has 1 amide bonds. The van der Waals surface area contributed by atoms with Crippen molar-refractivity contribution in [2.45, 2.75) is 45.6 Å². The first-order valence-electron chi connectivity index (χ1n) is 10.1. The second-order valence-corrected chi connectivity index (χ2v) is 7.37. The van der Waals surface area contributed by atoms with Gasteiger partial charge in [0, 0.05) is 32.7 Å². The van der Waals surface area contributed by atoms with Crippen molar-refractivity contribution in [1.82, 2.24) is 20.9 Å². The number of nitrogens with zero attached hydrogens (tertiary/aromatic N) is 2. The van der Waals surface area contributed by atoms with E-state index in [0.29, 0.717) is 30.8 Å². The van der Waals surface area contributed by atoms with Crippen molar-refractivity contribution in [2.24, 2.45) is 10.9 Å². The molecule has 1 aliphatic rings. The van der Waals surface area contributed by atoms with Gasteiger partial charge < -0.3 is 20.4 Å². The van der Waals surface area contributed by atoms with Gasteiger partial charge in [0.1, 0.15) is 0 Å². The Morgan fingerprint density at radius 2 is 1.85 bits per heavy atom. The second-order valence-electron chi connectivity index (χ2n) is 7.37. The average molecular weight is 378 g/mol.